The molecule has 4 aliphatic rings. The van der Waals surface area contributed by atoms with Crippen LogP contribution in [0.25, 0.3) is 12.2 Å². The van der Waals surface area contributed by atoms with Crippen LogP contribution in [0.1, 0.15) is 124 Å². The molecule has 4 aliphatic heterocycles. The van der Waals surface area contributed by atoms with Crippen molar-refractivity contribution in [3.05, 3.63) is 199 Å². The van der Waals surface area contributed by atoms with Gasteiger partial charge >= 0.3 is 0 Å². The standard InChI is InChI=1S/2C38H38O11/c2*1-42-26-10-7-21(15-29(26)45-4)25-12-9-24-28(44-3)17-23(19-40)33(38(24)48-25)35-36(41)34-31(47-6)13-20(18-39)14-32(34)49-37(35)22-8-11-27(43-2)30(16-22)46-5/h2*7-17,25,35,37,39-40H,18-19H2,1-6H3/t25-,35+,37+;25-,35-,37+/m00/s1. The first kappa shape index (κ1) is 68.6. The molecule has 98 heavy (non-hydrogen) atoms. The van der Waals surface area contributed by atoms with Crippen molar-refractivity contribution in [2.24, 2.45) is 0 Å². The number of carbonyl (C=O) groups excluding carboxylic acids is 2. The lowest BCUT2D eigenvalue weighted by Gasteiger charge is -2.37. The summed E-state index contributed by atoms with van der Waals surface area (Å²) in [5, 5.41) is 41.7. The van der Waals surface area contributed by atoms with Gasteiger partial charge in [0.15, 0.2) is 57.6 Å². The molecule has 8 aromatic rings. The van der Waals surface area contributed by atoms with E-state index in [1.165, 1.54) is 56.9 Å². The summed E-state index contributed by atoms with van der Waals surface area (Å²) in [7, 11) is 18.4. The number of carbonyl (C=O) groups is 2. The number of hydrogen-bond acceptors (Lipinski definition) is 22. The zero-order chi connectivity index (χ0) is 69.6. The van der Waals surface area contributed by atoms with E-state index in [-0.39, 0.29) is 58.9 Å². The number of benzene rings is 8. The average molecular weight is 1340 g/mol. The van der Waals surface area contributed by atoms with Crippen LogP contribution < -0.4 is 75.8 Å². The first-order valence-electron chi connectivity index (χ1n) is 31.0. The Balaban J connectivity index is 0.000000198. The highest BCUT2D eigenvalue weighted by molar-refractivity contribution is 6.09. The smallest absolute Gasteiger partial charge is 0.182 e. The van der Waals surface area contributed by atoms with Crippen LogP contribution in [0.3, 0.4) is 0 Å². The fourth-order valence-corrected chi connectivity index (χ4v) is 13.0. The molecule has 0 bridgehead atoms. The Morgan fingerprint density at radius 2 is 0.633 bits per heavy atom. The number of Topliss-reactive ketones (excluding diaryl/α,β-unsaturated/α-hetero) is 2. The number of aliphatic hydroxyl groups is 4. The molecule has 0 unspecified atom stereocenters. The van der Waals surface area contributed by atoms with Gasteiger partial charge in [0.05, 0.1) is 135 Å². The lowest BCUT2D eigenvalue weighted by atomic mass is 9.77. The third kappa shape index (κ3) is 12.6. The molecular weight excluding hydrogens is 1260 g/mol. The molecule has 512 valence electrons. The van der Waals surface area contributed by atoms with Crippen LogP contribution >= 0.6 is 0 Å². The Morgan fingerprint density at radius 1 is 0.327 bits per heavy atom. The molecule has 0 spiro atoms. The van der Waals surface area contributed by atoms with Gasteiger partial charge in [-0.1, -0.05) is 24.3 Å². The summed E-state index contributed by atoms with van der Waals surface area (Å²) in [5.74, 6) is 3.95. The van der Waals surface area contributed by atoms with Crippen molar-refractivity contribution in [3.63, 3.8) is 0 Å². The van der Waals surface area contributed by atoms with Gasteiger partial charge in [-0.05, 0) is 143 Å². The minimum atomic E-state index is -1.04. The molecule has 0 fully saturated rings. The Morgan fingerprint density at radius 3 is 0.929 bits per heavy atom. The van der Waals surface area contributed by atoms with Gasteiger partial charge in [-0.3, -0.25) is 9.59 Å². The van der Waals surface area contributed by atoms with Crippen molar-refractivity contribution in [1.29, 1.82) is 0 Å². The van der Waals surface area contributed by atoms with Gasteiger partial charge in [-0.2, -0.15) is 0 Å². The molecule has 0 aromatic heterocycles. The van der Waals surface area contributed by atoms with E-state index in [0.29, 0.717) is 125 Å². The summed E-state index contributed by atoms with van der Waals surface area (Å²) in [6.07, 6.45) is 4.46. The third-order valence-corrected chi connectivity index (χ3v) is 17.8. The molecule has 0 saturated carbocycles. The van der Waals surface area contributed by atoms with E-state index >= 15 is 0 Å². The molecule has 0 radical (unpaired) electrons. The highest BCUT2D eigenvalue weighted by Gasteiger charge is 2.48. The van der Waals surface area contributed by atoms with Crippen LogP contribution in [0.2, 0.25) is 0 Å². The normalized spacial score (nSPS) is 17.6. The van der Waals surface area contributed by atoms with Gasteiger partial charge in [-0.15, -0.1) is 0 Å². The van der Waals surface area contributed by atoms with E-state index in [1.807, 2.05) is 48.6 Å². The van der Waals surface area contributed by atoms with E-state index in [0.717, 1.165) is 11.1 Å². The van der Waals surface area contributed by atoms with E-state index in [2.05, 4.69) is 0 Å². The van der Waals surface area contributed by atoms with Gasteiger partial charge < -0.3 is 96.2 Å². The van der Waals surface area contributed by atoms with Crippen LogP contribution in [0.15, 0.2) is 121 Å². The molecule has 22 heteroatoms. The minimum Gasteiger partial charge on any atom is -0.496 e. The van der Waals surface area contributed by atoms with Crippen molar-refractivity contribution < 1.29 is 106 Å². The van der Waals surface area contributed by atoms with Crippen molar-refractivity contribution in [3.8, 4) is 92.0 Å². The van der Waals surface area contributed by atoms with Gasteiger partial charge in [-0.25, -0.2) is 0 Å². The Hall–Kier alpha value is -10.8. The van der Waals surface area contributed by atoms with Gasteiger partial charge in [0.1, 0.15) is 81.5 Å². The van der Waals surface area contributed by atoms with Crippen molar-refractivity contribution >= 4 is 23.7 Å². The van der Waals surface area contributed by atoms with E-state index in [1.54, 1.807) is 113 Å². The number of fused-ring (bicyclic) bond motifs is 4. The van der Waals surface area contributed by atoms with Crippen LogP contribution in [0, 0.1) is 0 Å². The van der Waals surface area contributed by atoms with E-state index in [9.17, 15) is 30.0 Å². The number of ether oxygens (including phenoxy) is 16. The molecular formula is C76H76O22. The molecule has 12 rings (SSSR count). The van der Waals surface area contributed by atoms with E-state index in [4.69, 9.17) is 75.8 Å². The minimum absolute atomic E-state index is 0.206. The predicted molar refractivity (Wildman–Crippen MR) is 360 cm³/mol. The number of aliphatic hydroxyl groups excluding tert-OH is 4. The maximum absolute atomic E-state index is 15.0. The van der Waals surface area contributed by atoms with Crippen LogP contribution in [0.4, 0.5) is 0 Å². The second-order valence-corrected chi connectivity index (χ2v) is 22.8. The summed E-state index contributed by atoms with van der Waals surface area (Å²) >= 11 is 0. The number of ketones is 2. The highest BCUT2D eigenvalue weighted by Crippen LogP contribution is 2.57. The van der Waals surface area contributed by atoms with Crippen molar-refractivity contribution in [2.45, 2.75) is 62.7 Å². The summed E-state index contributed by atoms with van der Waals surface area (Å²) in [6, 6.07) is 31.4. The summed E-state index contributed by atoms with van der Waals surface area (Å²) in [6.45, 7) is -1.43. The van der Waals surface area contributed by atoms with Crippen molar-refractivity contribution in [1.82, 2.24) is 0 Å². The second kappa shape index (κ2) is 29.7. The Kier molecular flexibility index (Phi) is 20.8. The first-order chi connectivity index (χ1) is 47.7. The quantitative estimate of drug-likeness (QED) is 0.0491. The molecule has 4 heterocycles. The lowest BCUT2D eigenvalue weighted by Crippen LogP contribution is -2.32. The predicted octanol–water partition coefficient (Wildman–Crippen LogP) is 11.9. The van der Waals surface area contributed by atoms with Gasteiger partial charge in [0.25, 0.3) is 0 Å². The summed E-state index contributed by atoms with van der Waals surface area (Å²) in [4.78, 5) is 30.0. The fourth-order valence-electron chi connectivity index (χ4n) is 13.0. The third-order valence-electron chi connectivity index (χ3n) is 17.8. The monoisotopic (exact) mass is 1340 g/mol. The van der Waals surface area contributed by atoms with Crippen molar-refractivity contribution in [2.75, 3.05) is 85.3 Å². The zero-order valence-electron chi connectivity index (χ0n) is 56.1. The zero-order valence-corrected chi connectivity index (χ0v) is 56.1. The molecule has 0 amide bonds. The number of rotatable bonds is 22. The highest BCUT2D eigenvalue weighted by atomic mass is 16.5. The maximum Gasteiger partial charge on any atom is 0.182 e. The SMILES string of the molecule is COc1ccc([C@@H]2C=Cc3c(OC)cc(CO)c([C@@H]4C(=O)c5c(OC)cc(CO)cc5O[C@@H]4c4ccc(OC)c(OC)c4)c3O2)cc1OC.COc1ccc([C@@H]2C=Cc3c(OC)cc(CO)c([C@H]4C(=O)c5c(OC)cc(CO)cc5O[C@@H]4c4ccc(OC)c(OC)c4)c3O2)cc1OC. The van der Waals surface area contributed by atoms with Crippen LogP contribution in [-0.4, -0.2) is 117 Å². The second-order valence-electron chi connectivity index (χ2n) is 22.8. The molecule has 0 saturated heterocycles. The Labute approximate surface area is 566 Å². The average Bonchev–Trinajstić information content (AvgIpc) is 0.734. The van der Waals surface area contributed by atoms with Crippen LogP contribution in [-0.2, 0) is 26.4 Å². The van der Waals surface area contributed by atoms with Gasteiger partial charge in [0.2, 0.25) is 0 Å². The number of hydrogen-bond donors (Lipinski definition) is 4. The van der Waals surface area contributed by atoms with Crippen LogP contribution in [0.5, 0.6) is 92.0 Å². The summed E-state index contributed by atoms with van der Waals surface area (Å²) in [5.41, 5.74) is 7.06. The molecule has 4 N–H and O–H groups in total. The summed E-state index contributed by atoms with van der Waals surface area (Å²) < 4.78 is 93.9. The first-order valence-corrected chi connectivity index (χ1v) is 31.0. The lowest BCUT2D eigenvalue weighted by molar-refractivity contribution is 0.0756. The van der Waals surface area contributed by atoms with E-state index < -0.39 is 49.5 Å². The van der Waals surface area contributed by atoms with Gasteiger partial charge in [0, 0.05) is 22.3 Å². The fraction of sp³-hybridized carbons (Fsp3) is 0.289. The Bertz CT molecular complexity index is 4110. The molecule has 0 aliphatic carbocycles. The molecule has 6 atom stereocenters. The molecule has 22 nitrogen and oxygen atoms in total. The number of methoxy groups -OCH3 is 12. The largest absolute Gasteiger partial charge is 0.496 e. The topological polar surface area (TPSA) is 263 Å². The maximum atomic E-state index is 15.0. The molecule has 8 aromatic carbocycles.